The van der Waals surface area contributed by atoms with Crippen LogP contribution in [0.3, 0.4) is 0 Å². The summed E-state index contributed by atoms with van der Waals surface area (Å²) in [5.74, 6) is -5.36. The number of aliphatic hydroxyl groups is 1. The van der Waals surface area contributed by atoms with Gasteiger partial charge in [-0.25, -0.2) is 0 Å². The maximum Gasteiger partial charge on any atom is 0.303 e. The van der Waals surface area contributed by atoms with Gasteiger partial charge in [0.1, 0.15) is 5.76 Å². The number of carbonyl (C=O) groups is 4. The summed E-state index contributed by atoms with van der Waals surface area (Å²) < 4.78 is 22.6. The van der Waals surface area contributed by atoms with E-state index >= 15 is 0 Å². The molecule has 0 aromatic rings. The van der Waals surface area contributed by atoms with Crippen molar-refractivity contribution in [3.8, 4) is 0 Å². The number of Topliss-reactive ketones (excluding diaryl/α,β-unsaturated/α-hetero) is 2. The van der Waals surface area contributed by atoms with Crippen LogP contribution >= 0.6 is 0 Å². The fraction of sp³-hybridized carbons (Fsp3) is 0.579. The van der Waals surface area contributed by atoms with Gasteiger partial charge in [-0.2, -0.15) is 0 Å². The van der Waals surface area contributed by atoms with Gasteiger partial charge in [0.2, 0.25) is 17.4 Å². The van der Waals surface area contributed by atoms with Gasteiger partial charge in [0.15, 0.2) is 12.2 Å². The molecule has 9 heteroatoms. The quantitative estimate of drug-likeness (QED) is 0.415. The minimum atomic E-state index is -1.80. The van der Waals surface area contributed by atoms with Crippen LogP contribution in [0.1, 0.15) is 40.5 Å². The van der Waals surface area contributed by atoms with E-state index in [9.17, 15) is 24.3 Å². The third kappa shape index (κ3) is 3.14. The Morgan fingerprint density at radius 2 is 1.75 bits per heavy atom. The van der Waals surface area contributed by atoms with E-state index in [4.69, 9.17) is 18.9 Å². The highest BCUT2D eigenvalue weighted by Crippen LogP contribution is 2.45. The standard InChI is InChI=1S/C19H22O9/c1-8-5-6-13(26-10(3)20)19(28-8)18(27-11(4)21)14-12(7-25-19)15(22)9(2)16(23)17(14)24/h8,13,18,22H,5-7H2,1-4H3/t8-,13-,18+,19-/m0/s1. The van der Waals surface area contributed by atoms with Gasteiger partial charge in [0.05, 0.1) is 18.3 Å². The number of rotatable bonds is 2. The highest BCUT2D eigenvalue weighted by atomic mass is 16.7. The monoisotopic (exact) mass is 394 g/mol. The predicted molar refractivity (Wildman–Crippen MR) is 91.9 cm³/mol. The summed E-state index contributed by atoms with van der Waals surface area (Å²) in [6.07, 6.45) is -1.93. The molecular weight excluding hydrogens is 372 g/mol. The molecule has 2 aliphatic heterocycles. The average Bonchev–Trinajstić information content (AvgIpc) is 2.61. The number of carbonyl (C=O) groups excluding carboxylic acids is 4. The van der Waals surface area contributed by atoms with E-state index in [2.05, 4.69) is 0 Å². The number of allylic oxidation sites excluding steroid dienone is 1. The molecule has 0 amide bonds. The molecule has 1 fully saturated rings. The molecule has 3 rings (SSSR count). The zero-order chi connectivity index (χ0) is 20.8. The van der Waals surface area contributed by atoms with Crippen LogP contribution < -0.4 is 0 Å². The van der Waals surface area contributed by atoms with Crippen molar-refractivity contribution in [2.75, 3.05) is 6.61 Å². The summed E-state index contributed by atoms with van der Waals surface area (Å²) in [6.45, 7) is 5.16. The number of ketones is 2. The first kappa shape index (κ1) is 20.2. The van der Waals surface area contributed by atoms with Crippen molar-refractivity contribution in [1.82, 2.24) is 0 Å². The van der Waals surface area contributed by atoms with Gasteiger partial charge in [-0.3, -0.25) is 19.2 Å². The van der Waals surface area contributed by atoms with Crippen LogP contribution in [0.2, 0.25) is 0 Å². The molecule has 1 aliphatic carbocycles. The molecule has 0 aromatic heterocycles. The first-order valence-corrected chi connectivity index (χ1v) is 8.97. The fourth-order valence-corrected chi connectivity index (χ4v) is 3.82. The predicted octanol–water partition coefficient (Wildman–Crippen LogP) is 1.06. The molecule has 28 heavy (non-hydrogen) atoms. The van der Waals surface area contributed by atoms with Crippen molar-refractivity contribution >= 4 is 23.5 Å². The van der Waals surface area contributed by atoms with Crippen LogP contribution in [0.5, 0.6) is 0 Å². The molecule has 4 atom stereocenters. The molecule has 0 unspecified atom stereocenters. The molecule has 1 saturated heterocycles. The van der Waals surface area contributed by atoms with Crippen molar-refractivity contribution in [3.63, 3.8) is 0 Å². The third-order valence-corrected chi connectivity index (χ3v) is 5.09. The Morgan fingerprint density at radius 1 is 1.11 bits per heavy atom. The van der Waals surface area contributed by atoms with Crippen molar-refractivity contribution < 1.29 is 43.2 Å². The Morgan fingerprint density at radius 3 is 2.36 bits per heavy atom. The third-order valence-electron chi connectivity index (χ3n) is 5.09. The lowest BCUT2D eigenvalue weighted by Gasteiger charge is -2.50. The van der Waals surface area contributed by atoms with Gasteiger partial charge in [0, 0.05) is 25.0 Å². The molecule has 0 saturated carbocycles. The van der Waals surface area contributed by atoms with E-state index in [-0.39, 0.29) is 35.2 Å². The van der Waals surface area contributed by atoms with Crippen molar-refractivity contribution in [1.29, 1.82) is 0 Å². The lowest BCUT2D eigenvalue weighted by Crippen LogP contribution is -2.65. The van der Waals surface area contributed by atoms with Gasteiger partial charge in [-0.15, -0.1) is 0 Å². The zero-order valence-electron chi connectivity index (χ0n) is 16.1. The highest BCUT2D eigenvalue weighted by molar-refractivity contribution is 6.50. The fourth-order valence-electron chi connectivity index (χ4n) is 3.82. The maximum absolute atomic E-state index is 12.8. The van der Waals surface area contributed by atoms with E-state index < -0.39 is 41.5 Å². The lowest BCUT2D eigenvalue weighted by atomic mass is 9.79. The summed E-state index contributed by atoms with van der Waals surface area (Å²) >= 11 is 0. The summed E-state index contributed by atoms with van der Waals surface area (Å²) in [4.78, 5) is 48.5. The van der Waals surface area contributed by atoms with E-state index in [1.165, 1.54) is 13.8 Å². The largest absolute Gasteiger partial charge is 0.507 e. The Balaban J connectivity index is 2.18. The summed E-state index contributed by atoms with van der Waals surface area (Å²) in [7, 11) is 0. The SMILES string of the molecule is CC(=O)O[C@H]1CC[C@H](C)O[C@@]12OCC1=C(C(=O)C(=O)C(C)=C1O)[C@H]2OC(C)=O. The van der Waals surface area contributed by atoms with Gasteiger partial charge in [-0.05, 0) is 26.7 Å². The smallest absolute Gasteiger partial charge is 0.303 e. The molecule has 0 bridgehead atoms. The minimum Gasteiger partial charge on any atom is -0.507 e. The first-order chi connectivity index (χ1) is 13.1. The minimum absolute atomic E-state index is 0.0578. The van der Waals surface area contributed by atoms with Crippen LogP contribution in [0, 0.1) is 0 Å². The second kappa shape index (κ2) is 7.14. The van der Waals surface area contributed by atoms with Crippen LogP contribution in [-0.2, 0) is 38.1 Å². The second-order valence-corrected chi connectivity index (χ2v) is 7.13. The first-order valence-electron chi connectivity index (χ1n) is 8.97. The van der Waals surface area contributed by atoms with Crippen LogP contribution in [0.25, 0.3) is 0 Å². The van der Waals surface area contributed by atoms with E-state index in [0.29, 0.717) is 12.8 Å². The van der Waals surface area contributed by atoms with E-state index in [1.807, 2.05) is 0 Å². The van der Waals surface area contributed by atoms with Crippen LogP contribution in [0.15, 0.2) is 22.5 Å². The Labute approximate surface area is 161 Å². The Hall–Kier alpha value is -2.52. The molecule has 2 heterocycles. The van der Waals surface area contributed by atoms with E-state index in [0.717, 1.165) is 6.92 Å². The Bertz CT molecular complexity index is 821. The van der Waals surface area contributed by atoms with Gasteiger partial charge in [-0.1, -0.05) is 0 Å². The van der Waals surface area contributed by atoms with Crippen molar-refractivity contribution in [3.05, 3.63) is 22.5 Å². The number of ether oxygens (including phenoxy) is 4. The average molecular weight is 394 g/mol. The molecule has 1 N–H and O–H groups in total. The topological polar surface area (TPSA) is 125 Å². The van der Waals surface area contributed by atoms with Gasteiger partial charge >= 0.3 is 11.9 Å². The van der Waals surface area contributed by atoms with Gasteiger partial charge in [0.25, 0.3) is 0 Å². The molecule has 3 aliphatic rings. The number of hydrogen-bond acceptors (Lipinski definition) is 9. The van der Waals surface area contributed by atoms with Gasteiger partial charge < -0.3 is 24.1 Å². The normalized spacial score (nSPS) is 33.1. The number of aliphatic hydroxyl groups excluding tert-OH is 1. The number of esters is 2. The summed E-state index contributed by atoms with van der Waals surface area (Å²) in [5, 5.41) is 10.4. The second-order valence-electron chi connectivity index (χ2n) is 7.13. The molecule has 0 radical (unpaired) electrons. The van der Waals surface area contributed by atoms with E-state index in [1.54, 1.807) is 6.92 Å². The zero-order valence-corrected chi connectivity index (χ0v) is 16.1. The van der Waals surface area contributed by atoms with Crippen LogP contribution in [0.4, 0.5) is 0 Å². The molecule has 1 spiro atoms. The summed E-state index contributed by atoms with van der Waals surface area (Å²) in [5.41, 5.74) is -0.262. The number of hydrogen-bond donors (Lipinski definition) is 1. The van der Waals surface area contributed by atoms with Crippen LogP contribution in [-0.4, -0.2) is 59.3 Å². The lowest BCUT2D eigenvalue weighted by molar-refractivity contribution is -0.349. The van der Waals surface area contributed by atoms with Crippen molar-refractivity contribution in [2.45, 2.75) is 64.6 Å². The molecule has 9 nitrogen and oxygen atoms in total. The maximum atomic E-state index is 12.8. The molecule has 152 valence electrons. The summed E-state index contributed by atoms with van der Waals surface area (Å²) in [6, 6.07) is 0. The van der Waals surface area contributed by atoms with Crippen molar-refractivity contribution in [2.24, 2.45) is 0 Å². The Kier molecular flexibility index (Phi) is 5.16. The highest BCUT2D eigenvalue weighted by Gasteiger charge is 2.61. The molecule has 0 aromatic carbocycles. The molecular formula is C19H22O9.